The largest absolute Gasteiger partial charge is 0.497 e. The monoisotopic (exact) mass is 606 g/mol. The standard InChI is InChI=1S/C35H62O6Si/c1-10-11-12-13-14-15-16-17-31(41-42(8,9)34(2,3)4)26-33-32(39-35(5,6)40-33)23-20-29(36)24-25-38-27-28-18-21-30(37-7)22-19-28/h18-23,29,31-33,36H,10-17,24-27H2,1-9H3/b23-20+/t29-,31-,32+,33+/m1/s1. The molecule has 1 aliphatic rings. The van der Waals surface area contributed by atoms with Crippen molar-refractivity contribution in [2.75, 3.05) is 13.7 Å². The van der Waals surface area contributed by atoms with E-state index in [2.05, 4.69) is 40.8 Å². The fourth-order valence-corrected chi connectivity index (χ4v) is 6.47. The van der Waals surface area contributed by atoms with E-state index in [0.29, 0.717) is 19.6 Å². The van der Waals surface area contributed by atoms with Crippen LogP contribution in [0.1, 0.15) is 111 Å². The number of aliphatic hydroxyl groups is 1. The molecule has 0 aliphatic carbocycles. The van der Waals surface area contributed by atoms with Gasteiger partial charge in [0.2, 0.25) is 0 Å². The van der Waals surface area contributed by atoms with Crippen LogP contribution in [0.5, 0.6) is 5.75 Å². The van der Waals surface area contributed by atoms with Crippen molar-refractivity contribution in [2.24, 2.45) is 0 Å². The number of rotatable bonds is 20. The minimum Gasteiger partial charge on any atom is -0.497 e. The summed E-state index contributed by atoms with van der Waals surface area (Å²) in [5.74, 6) is 0.155. The molecule has 1 fully saturated rings. The molecule has 0 saturated carbocycles. The number of ether oxygens (including phenoxy) is 4. The molecule has 0 aromatic heterocycles. The molecule has 1 aromatic rings. The smallest absolute Gasteiger partial charge is 0.192 e. The molecular weight excluding hydrogens is 544 g/mol. The summed E-state index contributed by atoms with van der Waals surface area (Å²) in [5.41, 5.74) is 1.08. The maximum absolute atomic E-state index is 10.6. The molecule has 1 aromatic carbocycles. The maximum Gasteiger partial charge on any atom is 0.192 e. The van der Waals surface area contributed by atoms with Crippen molar-refractivity contribution < 1.29 is 28.5 Å². The molecule has 0 unspecified atom stereocenters. The Morgan fingerprint density at radius 2 is 1.62 bits per heavy atom. The van der Waals surface area contributed by atoms with Crippen molar-refractivity contribution in [3.8, 4) is 5.75 Å². The van der Waals surface area contributed by atoms with Crippen molar-refractivity contribution in [2.45, 2.75) is 161 Å². The molecular formula is C35H62O6Si. The first-order valence-corrected chi connectivity index (χ1v) is 19.3. The highest BCUT2D eigenvalue weighted by atomic mass is 28.4. The van der Waals surface area contributed by atoms with E-state index in [1.807, 2.05) is 50.3 Å². The molecule has 1 N–H and O–H groups in total. The molecule has 0 amide bonds. The van der Waals surface area contributed by atoms with Gasteiger partial charge in [0.25, 0.3) is 0 Å². The Kier molecular flexibility index (Phi) is 15.8. The Hall–Kier alpha value is -1.22. The maximum atomic E-state index is 10.6. The van der Waals surface area contributed by atoms with Gasteiger partial charge in [-0.05, 0) is 56.1 Å². The lowest BCUT2D eigenvalue weighted by Gasteiger charge is -2.40. The summed E-state index contributed by atoms with van der Waals surface area (Å²) in [7, 11) is -0.285. The number of benzene rings is 1. The molecule has 0 spiro atoms. The van der Waals surface area contributed by atoms with E-state index >= 15 is 0 Å². The predicted molar refractivity (Wildman–Crippen MR) is 176 cm³/mol. The number of hydrogen-bond donors (Lipinski definition) is 1. The van der Waals surface area contributed by atoms with Crippen LogP contribution >= 0.6 is 0 Å². The first kappa shape index (κ1) is 37.0. The Morgan fingerprint density at radius 1 is 0.976 bits per heavy atom. The molecule has 0 radical (unpaired) electrons. The molecule has 1 heterocycles. The average molecular weight is 607 g/mol. The minimum absolute atomic E-state index is 0.117. The number of aliphatic hydroxyl groups excluding tert-OH is 1. The Labute approximate surface area is 258 Å². The quantitative estimate of drug-likeness (QED) is 0.0908. The van der Waals surface area contributed by atoms with E-state index < -0.39 is 20.2 Å². The Morgan fingerprint density at radius 3 is 2.24 bits per heavy atom. The summed E-state index contributed by atoms with van der Waals surface area (Å²) in [5, 5.41) is 10.8. The molecule has 1 aliphatic heterocycles. The van der Waals surface area contributed by atoms with Crippen molar-refractivity contribution >= 4 is 8.32 Å². The van der Waals surface area contributed by atoms with E-state index in [0.717, 1.165) is 24.2 Å². The van der Waals surface area contributed by atoms with Gasteiger partial charge in [-0.25, -0.2) is 0 Å². The summed E-state index contributed by atoms with van der Waals surface area (Å²) in [4.78, 5) is 0. The minimum atomic E-state index is -1.94. The zero-order valence-electron chi connectivity index (χ0n) is 28.2. The van der Waals surface area contributed by atoms with Gasteiger partial charge in [-0.2, -0.15) is 0 Å². The second-order valence-electron chi connectivity index (χ2n) is 13.9. The van der Waals surface area contributed by atoms with Gasteiger partial charge in [-0.15, -0.1) is 0 Å². The third-order valence-electron chi connectivity index (χ3n) is 8.62. The zero-order chi connectivity index (χ0) is 31.2. The molecule has 0 bridgehead atoms. The normalized spacial score (nSPS) is 20.7. The van der Waals surface area contributed by atoms with Crippen LogP contribution in [0.4, 0.5) is 0 Å². The summed E-state index contributed by atoms with van der Waals surface area (Å²) in [6.45, 7) is 18.8. The SMILES string of the molecule is CCCCCCCCC[C@H](C[C@@H]1OC(C)(C)O[C@H]1/C=C/[C@@H](O)CCOCc1ccc(OC)cc1)O[Si](C)(C)C(C)(C)C. The van der Waals surface area contributed by atoms with Gasteiger partial charge in [-0.3, -0.25) is 0 Å². The van der Waals surface area contributed by atoms with Crippen LogP contribution in [-0.2, 0) is 25.2 Å². The highest BCUT2D eigenvalue weighted by Gasteiger charge is 2.43. The van der Waals surface area contributed by atoms with Crippen molar-refractivity contribution in [1.29, 1.82) is 0 Å². The van der Waals surface area contributed by atoms with E-state index in [-0.39, 0.29) is 23.4 Å². The third kappa shape index (κ3) is 13.6. The topological polar surface area (TPSA) is 66.4 Å². The van der Waals surface area contributed by atoms with Gasteiger partial charge in [-0.1, -0.05) is 96.9 Å². The number of methoxy groups -OCH3 is 1. The van der Waals surface area contributed by atoms with Crippen molar-refractivity contribution in [3.63, 3.8) is 0 Å². The van der Waals surface area contributed by atoms with Crippen LogP contribution in [0, 0.1) is 0 Å². The van der Waals surface area contributed by atoms with Crippen LogP contribution < -0.4 is 4.74 Å². The van der Waals surface area contributed by atoms with Gasteiger partial charge >= 0.3 is 0 Å². The van der Waals surface area contributed by atoms with Crippen LogP contribution in [0.2, 0.25) is 18.1 Å². The number of hydrogen-bond acceptors (Lipinski definition) is 6. The fourth-order valence-electron chi connectivity index (χ4n) is 5.06. The average Bonchev–Trinajstić information content (AvgIpc) is 3.21. The van der Waals surface area contributed by atoms with Crippen molar-refractivity contribution in [3.05, 3.63) is 42.0 Å². The molecule has 4 atom stereocenters. The Balaban J connectivity index is 1.93. The molecule has 1 saturated heterocycles. The van der Waals surface area contributed by atoms with E-state index in [9.17, 15) is 5.11 Å². The lowest BCUT2D eigenvalue weighted by atomic mass is 10.0. The molecule has 42 heavy (non-hydrogen) atoms. The van der Waals surface area contributed by atoms with Crippen molar-refractivity contribution in [1.82, 2.24) is 0 Å². The lowest BCUT2D eigenvalue weighted by molar-refractivity contribution is -0.145. The summed E-state index contributed by atoms with van der Waals surface area (Å²) < 4.78 is 30.7. The second kappa shape index (κ2) is 17.9. The van der Waals surface area contributed by atoms with Crippen LogP contribution in [0.15, 0.2) is 36.4 Å². The first-order valence-electron chi connectivity index (χ1n) is 16.4. The Bertz CT molecular complexity index is 892. The van der Waals surface area contributed by atoms with Gasteiger partial charge < -0.3 is 28.5 Å². The third-order valence-corrected chi connectivity index (χ3v) is 13.2. The molecule has 6 nitrogen and oxygen atoms in total. The highest BCUT2D eigenvalue weighted by Crippen LogP contribution is 2.40. The van der Waals surface area contributed by atoms with Gasteiger partial charge in [0.05, 0.1) is 25.9 Å². The zero-order valence-corrected chi connectivity index (χ0v) is 29.2. The van der Waals surface area contributed by atoms with Crippen LogP contribution in [0.3, 0.4) is 0 Å². The molecule has 2 rings (SSSR count). The lowest BCUT2D eigenvalue weighted by Crippen LogP contribution is -2.45. The van der Waals surface area contributed by atoms with Gasteiger partial charge in [0.1, 0.15) is 11.9 Å². The highest BCUT2D eigenvalue weighted by molar-refractivity contribution is 6.74. The summed E-state index contributed by atoms with van der Waals surface area (Å²) >= 11 is 0. The van der Waals surface area contributed by atoms with E-state index in [4.69, 9.17) is 23.4 Å². The predicted octanol–water partition coefficient (Wildman–Crippen LogP) is 8.96. The van der Waals surface area contributed by atoms with Gasteiger partial charge in [0.15, 0.2) is 14.1 Å². The fraction of sp³-hybridized carbons (Fsp3) is 0.771. The second-order valence-corrected chi connectivity index (χ2v) is 18.7. The molecule has 7 heteroatoms. The first-order chi connectivity index (χ1) is 19.8. The van der Waals surface area contributed by atoms with E-state index in [1.54, 1.807) is 7.11 Å². The van der Waals surface area contributed by atoms with Gasteiger partial charge in [0, 0.05) is 25.6 Å². The van der Waals surface area contributed by atoms with E-state index in [1.165, 1.54) is 44.9 Å². The van der Waals surface area contributed by atoms with Crippen LogP contribution in [0.25, 0.3) is 0 Å². The summed E-state index contributed by atoms with van der Waals surface area (Å²) in [6, 6.07) is 7.83. The summed E-state index contributed by atoms with van der Waals surface area (Å²) in [6.07, 6.45) is 14.4. The number of unbranched alkanes of at least 4 members (excludes halogenated alkanes) is 6. The van der Waals surface area contributed by atoms with Crippen LogP contribution in [-0.4, -0.2) is 57.3 Å². The molecule has 242 valence electrons.